The molecule has 1 aromatic rings. The van der Waals surface area contributed by atoms with Gasteiger partial charge in [-0.15, -0.1) is 0 Å². The van der Waals surface area contributed by atoms with Gasteiger partial charge in [0.05, 0.1) is 10.5 Å². The van der Waals surface area contributed by atoms with Crippen LogP contribution < -0.4 is 0 Å². The van der Waals surface area contributed by atoms with Crippen molar-refractivity contribution in [1.82, 2.24) is 0 Å². The molecule has 0 aliphatic heterocycles. The second-order valence-electron chi connectivity index (χ2n) is 2.48. The van der Waals surface area contributed by atoms with Crippen LogP contribution in [0.2, 0.25) is 0 Å². The van der Waals surface area contributed by atoms with Crippen LogP contribution in [0.3, 0.4) is 0 Å². The highest BCUT2D eigenvalue weighted by molar-refractivity contribution is 7.72. The number of benzene rings is 1. The van der Waals surface area contributed by atoms with Crippen molar-refractivity contribution in [3.8, 4) is 5.75 Å². The third kappa shape index (κ3) is 1.86. The second-order valence-corrected chi connectivity index (χ2v) is 3.48. The van der Waals surface area contributed by atoms with Gasteiger partial charge in [-0.05, 0) is 19.1 Å². The van der Waals surface area contributed by atoms with Crippen molar-refractivity contribution < 1.29 is 18.3 Å². The predicted octanol–water partition coefficient (Wildman–Crippen LogP) is 0.565. The van der Waals surface area contributed by atoms with Gasteiger partial charge in [0.1, 0.15) is 5.75 Å². The van der Waals surface area contributed by atoms with Crippen LogP contribution in [0, 0.1) is 0 Å². The number of thiol groups is 1. The van der Waals surface area contributed by atoms with Crippen LogP contribution in [0.4, 0.5) is 0 Å². The van der Waals surface area contributed by atoms with E-state index in [0.29, 0.717) is 0 Å². The van der Waals surface area contributed by atoms with E-state index in [1.807, 2.05) is 0 Å². The van der Waals surface area contributed by atoms with Crippen molar-refractivity contribution in [2.24, 2.45) is 0 Å². The van der Waals surface area contributed by atoms with Gasteiger partial charge in [0.2, 0.25) is 0 Å². The fourth-order valence-corrected chi connectivity index (χ4v) is 1.70. The monoisotopic (exact) mass is 200 g/mol. The van der Waals surface area contributed by atoms with E-state index in [-0.39, 0.29) is 16.2 Å². The maximum absolute atomic E-state index is 11.0. The van der Waals surface area contributed by atoms with Crippen molar-refractivity contribution in [2.45, 2.75) is 11.8 Å². The Hall–Kier alpha value is -1.36. The lowest BCUT2D eigenvalue weighted by atomic mass is 10.1. The number of hydrogen-bond donors (Lipinski definition) is 2. The molecule has 0 spiro atoms. The molecule has 0 aliphatic carbocycles. The molecule has 0 amide bonds. The molecular formula is C8H8O4S. The van der Waals surface area contributed by atoms with E-state index in [2.05, 4.69) is 0 Å². The number of phenols is 1. The Morgan fingerprint density at radius 2 is 2.00 bits per heavy atom. The van der Waals surface area contributed by atoms with E-state index in [1.54, 1.807) is 0 Å². The van der Waals surface area contributed by atoms with Gasteiger partial charge >= 0.3 is 0 Å². The molecule has 0 aromatic heterocycles. The van der Waals surface area contributed by atoms with Gasteiger partial charge in [-0.25, -0.2) is 8.42 Å². The van der Waals surface area contributed by atoms with Crippen LogP contribution in [0.25, 0.3) is 0 Å². The first kappa shape index (κ1) is 9.73. The second kappa shape index (κ2) is 3.57. The van der Waals surface area contributed by atoms with Crippen LogP contribution in [0.1, 0.15) is 17.3 Å². The van der Waals surface area contributed by atoms with Crippen LogP contribution in [0.5, 0.6) is 5.75 Å². The first-order valence-electron chi connectivity index (χ1n) is 3.51. The molecule has 0 unspecified atom stereocenters. The molecule has 0 aliphatic rings. The third-order valence-corrected chi connectivity index (χ3v) is 2.34. The van der Waals surface area contributed by atoms with E-state index in [1.165, 1.54) is 25.1 Å². The van der Waals surface area contributed by atoms with Crippen molar-refractivity contribution in [3.63, 3.8) is 0 Å². The molecule has 0 atom stereocenters. The minimum absolute atomic E-state index is 0.137. The quantitative estimate of drug-likeness (QED) is 0.540. The lowest BCUT2D eigenvalue weighted by molar-refractivity contribution is 0.101. The normalized spacial score (nSPS) is 10.3. The van der Waals surface area contributed by atoms with Crippen molar-refractivity contribution >= 4 is 16.5 Å². The van der Waals surface area contributed by atoms with Gasteiger partial charge in [-0.3, -0.25) is 4.79 Å². The zero-order valence-corrected chi connectivity index (χ0v) is 7.75. The number of aromatic hydroxyl groups is 1. The molecule has 0 saturated heterocycles. The van der Waals surface area contributed by atoms with Crippen LogP contribution >= 0.6 is 0 Å². The highest BCUT2D eigenvalue weighted by Crippen LogP contribution is 2.22. The summed E-state index contributed by atoms with van der Waals surface area (Å²) in [7, 11) is -2.85. The molecular weight excluding hydrogens is 192 g/mol. The predicted molar refractivity (Wildman–Crippen MR) is 46.7 cm³/mol. The number of carbonyl (C=O) groups excluding carboxylic acids is 1. The maximum Gasteiger partial charge on any atom is 0.169 e. The Balaban J connectivity index is 3.52. The van der Waals surface area contributed by atoms with Crippen LogP contribution in [-0.4, -0.2) is 19.3 Å². The summed E-state index contributed by atoms with van der Waals surface area (Å²) in [5.41, 5.74) is -0.140. The van der Waals surface area contributed by atoms with Crippen LogP contribution in [-0.2, 0) is 10.7 Å². The first-order chi connectivity index (χ1) is 6.04. The molecule has 1 N–H and O–H groups in total. The molecule has 1 rings (SSSR count). The molecule has 1 aromatic carbocycles. The number of Topliss-reactive ketones (excluding diaryl/α,β-unsaturated/α-hetero) is 1. The number of ketones is 1. The summed E-state index contributed by atoms with van der Waals surface area (Å²) >= 11 is 0. The van der Waals surface area contributed by atoms with Crippen molar-refractivity contribution in [1.29, 1.82) is 0 Å². The first-order valence-corrected chi connectivity index (χ1v) is 4.69. The number of carbonyl (C=O) groups is 1. The van der Waals surface area contributed by atoms with E-state index >= 15 is 0 Å². The third-order valence-electron chi connectivity index (χ3n) is 1.57. The van der Waals surface area contributed by atoms with Gasteiger partial charge < -0.3 is 5.11 Å². The molecule has 70 valence electrons. The average Bonchev–Trinajstić information content (AvgIpc) is 2.02. The fraction of sp³-hybridized carbons (Fsp3) is 0.125. The SMILES string of the molecule is CC(=O)c1c(O)cccc1[SH](=O)=O. The molecule has 13 heavy (non-hydrogen) atoms. The molecule has 4 nitrogen and oxygen atoms in total. The van der Waals surface area contributed by atoms with E-state index in [0.717, 1.165) is 0 Å². The molecule has 5 heteroatoms. The average molecular weight is 200 g/mol. The standard InChI is InChI=1S/C8H8O4S/c1-5(9)8-6(10)3-2-4-7(8)13(11)12/h2-4,10,13H,1H3. The van der Waals surface area contributed by atoms with Gasteiger partial charge in [0.25, 0.3) is 0 Å². The summed E-state index contributed by atoms with van der Waals surface area (Å²) in [5.74, 6) is -0.767. The van der Waals surface area contributed by atoms with Gasteiger partial charge in [-0.1, -0.05) is 6.07 Å². The molecule has 0 saturated carbocycles. The zero-order chi connectivity index (χ0) is 10.0. The number of rotatable bonds is 2. The Morgan fingerprint density at radius 3 is 2.38 bits per heavy atom. The van der Waals surface area contributed by atoms with E-state index < -0.39 is 16.5 Å². The number of hydrogen-bond acceptors (Lipinski definition) is 4. The Bertz CT molecular complexity index is 412. The zero-order valence-electron chi connectivity index (χ0n) is 6.85. The Morgan fingerprint density at radius 1 is 1.38 bits per heavy atom. The van der Waals surface area contributed by atoms with Crippen LogP contribution in [0.15, 0.2) is 23.1 Å². The Labute approximate surface area is 76.8 Å². The fourth-order valence-electron chi connectivity index (χ4n) is 1.04. The summed E-state index contributed by atoms with van der Waals surface area (Å²) in [4.78, 5) is 10.8. The van der Waals surface area contributed by atoms with Gasteiger partial charge in [-0.2, -0.15) is 0 Å². The summed E-state index contributed by atoms with van der Waals surface area (Å²) in [5, 5.41) is 9.22. The lowest BCUT2D eigenvalue weighted by Crippen LogP contribution is -1.98. The van der Waals surface area contributed by atoms with E-state index in [4.69, 9.17) is 0 Å². The van der Waals surface area contributed by atoms with Gasteiger partial charge in [0.15, 0.2) is 16.5 Å². The van der Waals surface area contributed by atoms with Crippen molar-refractivity contribution in [3.05, 3.63) is 23.8 Å². The molecule has 0 fully saturated rings. The Kier molecular flexibility index (Phi) is 2.67. The highest BCUT2D eigenvalue weighted by Gasteiger charge is 2.13. The molecule has 0 radical (unpaired) electrons. The van der Waals surface area contributed by atoms with Crippen molar-refractivity contribution in [2.75, 3.05) is 0 Å². The van der Waals surface area contributed by atoms with E-state index in [9.17, 15) is 18.3 Å². The largest absolute Gasteiger partial charge is 0.507 e. The number of phenolic OH excluding ortho intramolecular Hbond substituents is 1. The minimum Gasteiger partial charge on any atom is -0.507 e. The van der Waals surface area contributed by atoms with Gasteiger partial charge in [0, 0.05) is 0 Å². The highest BCUT2D eigenvalue weighted by atomic mass is 32.2. The maximum atomic E-state index is 11.0. The molecule has 0 bridgehead atoms. The minimum atomic E-state index is -2.85. The summed E-state index contributed by atoms with van der Waals surface area (Å²) in [6.45, 7) is 1.21. The summed E-state index contributed by atoms with van der Waals surface area (Å²) in [6.07, 6.45) is 0. The summed E-state index contributed by atoms with van der Waals surface area (Å²) in [6, 6.07) is 3.93. The smallest absolute Gasteiger partial charge is 0.169 e. The lowest BCUT2D eigenvalue weighted by Gasteiger charge is -2.01. The summed E-state index contributed by atoms with van der Waals surface area (Å²) < 4.78 is 21.3. The molecule has 0 heterocycles. The topological polar surface area (TPSA) is 71.4 Å².